The van der Waals surface area contributed by atoms with E-state index in [-0.39, 0.29) is 11.8 Å². The van der Waals surface area contributed by atoms with Gasteiger partial charge in [-0.25, -0.2) is 0 Å². The number of rotatable bonds is 4. The molecule has 3 N–H and O–H groups in total. The Kier molecular flexibility index (Phi) is 5.81. The van der Waals surface area contributed by atoms with E-state index in [0.717, 1.165) is 58.5 Å². The molecule has 2 rings (SSSR count). The molecule has 0 aromatic heterocycles. The maximum Gasteiger partial charge on any atom is 0.223 e. The first kappa shape index (κ1) is 15.7. The van der Waals surface area contributed by atoms with Crippen LogP contribution in [0.3, 0.4) is 0 Å². The number of nitrogens with zero attached hydrogens (tertiary/aromatic N) is 2. The van der Waals surface area contributed by atoms with Crippen molar-refractivity contribution in [2.75, 3.05) is 46.3 Å². The van der Waals surface area contributed by atoms with Crippen LogP contribution >= 0.6 is 0 Å². The van der Waals surface area contributed by atoms with Gasteiger partial charge in [0.25, 0.3) is 0 Å². The van der Waals surface area contributed by atoms with Gasteiger partial charge >= 0.3 is 0 Å². The third kappa shape index (κ3) is 4.43. The Morgan fingerprint density at radius 1 is 1.25 bits per heavy atom. The molecule has 5 heteroatoms. The maximum atomic E-state index is 12.2. The zero-order valence-corrected chi connectivity index (χ0v) is 13.0. The molecule has 1 aliphatic heterocycles. The van der Waals surface area contributed by atoms with Gasteiger partial charge in [0.2, 0.25) is 5.91 Å². The molecule has 2 aliphatic rings. The Morgan fingerprint density at radius 3 is 2.60 bits per heavy atom. The zero-order valence-electron chi connectivity index (χ0n) is 13.0. The van der Waals surface area contributed by atoms with E-state index in [1.54, 1.807) is 0 Å². The molecule has 1 aliphatic carbocycles. The van der Waals surface area contributed by atoms with E-state index in [2.05, 4.69) is 29.1 Å². The van der Waals surface area contributed by atoms with Crippen molar-refractivity contribution in [3.8, 4) is 0 Å². The average Bonchev–Trinajstić information content (AvgIpc) is 2.41. The highest BCUT2D eigenvalue weighted by Gasteiger charge is 2.30. The molecular formula is C15H30N4O. The summed E-state index contributed by atoms with van der Waals surface area (Å²) in [6.07, 6.45) is 2.92. The fourth-order valence-corrected chi connectivity index (χ4v) is 3.37. The highest BCUT2D eigenvalue weighted by Crippen LogP contribution is 2.29. The summed E-state index contributed by atoms with van der Waals surface area (Å²) in [5, 5.41) is 3.12. The molecule has 116 valence electrons. The molecule has 0 aromatic carbocycles. The lowest BCUT2D eigenvalue weighted by atomic mass is 9.78. The van der Waals surface area contributed by atoms with Crippen molar-refractivity contribution in [2.45, 2.75) is 32.2 Å². The number of piperazine rings is 1. The summed E-state index contributed by atoms with van der Waals surface area (Å²) >= 11 is 0. The number of hydrogen-bond donors (Lipinski definition) is 2. The molecule has 0 spiro atoms. The van der Waals surface area contributed by atoms with E-state index in [4.69, 9.17) is 5.73 Å². The minimum absolute atomic E-state index is 0.169. The summed E-state index contributed by atoms with van der Waals surface area (Å²) < 4.78 is 0. The van der Waals surface area contributed by atoms with Crippen LogP contribution in [0.2, 0.25) is 0 Å². The van der Waals surface area contributed by atoms with Crippen LogP contribution in [0.5, 0.6) is 0 Å². The number of likely N-dealkylation sites (N-methyl/N-ethyl adjacent to an activating group) is 1. The van der Waals surface area contributed by atoms with Gasteiger partial charge < -0.3 is 16.0 Å². The van der Waals surface area contributed by atoms with Crippen molar-refractivity contribution in [2.24, 2.45) is 17.6 Å². The standard InChI is InChI=1S/C15H30N4O/c1-12-11-13(16)3-4-14(12)15(20)17-5-6-19-9-7-18(2)8-10-19/h12-14H,3-11,16H2,1-2H3,(H,17,20). The van der Waals surface area contributed by atoms with E-state index < -0.39 is 0 Å². The van der Waals surface area contributed by atoms with Crippen LogP contribution in [0.25, 0.3) is 0 Å². The second kappa shape index (κ2) is 7.38. The fourth-order valence-electron chi connectivity index (χ4n) is 3.37. The van der Waals surface area contributed by atoms with Gasteiger partial charge in [-0.05, 0) is 32.2 Å². The second-order valence-corrected chi connectivity index (χ2v) is 6.59. The van der Waals surface area contributed by atoms with Gasteiger partial charge in [0.05, 0.1) is 0 Å². The quantitative estimate of drug-likeness (QED) is 0.768. The van der Waals surface area contributed by atoms with Gasteiger partial charge in [-0.2, -0.15) is 0 Å². The third-order valence-electron chi connectivity index (χ3n) is 4.87. The van der Waals surface area contributed by atoms with Gasteiger partial charge in [0.1, 0.15) is 0 Å². The zero-order chi connectivity index (χ0) is 14.5. The molecule has 2 fully saturated rings. The minimum atomic E-state index is 0.169. The maximum absolute atomic E-state index is 12.2. The normalized spacial score (nSPS) is 33.0. The summed E-state index contributed by atoms with van der Waals surface area (Å²) in [5.41, 5.74) is 5.95. The van der Waals surface area contributed by atoms with E-state index in [9.17, 15) is 4.79 Å². The summed E-state index contributed by atoms with van der Waals surface area (Å²) in [6, 6.07) is 0.291. The van der Waals surface area contributed by atoms with Crippen LogP contribution in [-0.4, -0.2) is 68.1 Å². The Balaban J connectivity index is 1.65. The molecule has 3 unspecified atom stereocenters. The number of carbonyl (C=O) groups is 1. The van der Waals surface area contributed by atoms with Crippen molar-refractivity contribution in [1.29, 1.82) is 0 Å². The molecular weight excluding hydrogens is 252 g/mol. The number of nitrogens with two attached hydrogens (primary N) is 1. The van der Waals surface area contributed by atoms with Crippen LogP contribution in [0.1, 0.15) is 26.2 Å². The SMILES string of the molecule is CC1CC(N)CCC1C(=O)NCCN1CCN(C)CC1. The molecule has 0 bridgehead atoms. The highest BCUT2D eigenvalue weighted by atomic mass is 16.1. The highest BCUT2D eigenvalue weighted by molar-refractivity contribution is 5.79. The second-order valence-electron chi connectivity index (χ2n) is 6.59. The number of nitrogens with one attached hydrogen (secondary N) is 1. The van der Waals surface area contributed by atoms with Crippen LogP contribution in [0, 0.1) is 11.8 Å². The molecule has 5 nitrogen and oxygen atoms in total. The summed E-state index contributed by atoms with van der Waals surface area (Å²) in [6.45, 7) is 8.39. The lowest BCUT2D eigenvalue weighted by Gasteiger charge is -2.33. The monoisotopic (exact) mass is 282 g/mol. The smallest absolute Gasteiger partial charge is 0.223 e. The van der Waals surface area contributed by atoms with Crippen molar-refractivity contribution in [3.05, 3.63) is 0 Å². The lowest BCUT2D eigenvalue weighted by Crippen LogP contribution is -2.48. The Bertz CT molecular complexity index is 315. The van der Waals surface area contributed by atoms with E-state index in [1.807, 2.05) is 0 Å². The van der Waals surface area contributed by atoms with Crippen LogP contribution in [0.15, 0.2) is 0 Å². The Labute approximate surface area is 122 Å². The lowest BCUT2D eigenvalue weighted by molar-refractivity contribution is -0.127. The molecule has 1 saturated heterocycles. The third-order valence-corrected chi connectivity index (χ3v) is 4.87. The molecule has 1 heterocycles. The van der Waals surface area contributed by atoms with Crippen LogP contribution in [-0.2, 0) is 4.79 Å². The molecule has 0 aromatic rings. The first-order valence-electron chi connectivity index (χ1n) is 8.00. The van der Waals surface area contributed by atoms with Crippen molar-refractivity contribution in [1.82, 2.24) is 15.1 Å². The largest absolute Gasteiger partial charge is 0.355 e. The predicted molar refractivity (Wildman–Crippen MR) is 81.4 cm³/mol. The summed E-state index contributed by atoms with van der Waals surface area (Å²) in [5.74, 6) is 0.822. The first-order chi connectivity index (χ1) is 9.56. The van der Waals surface area contributed by atoms with Gasteiger partial charge in [0, 0.05) is 51.2 Å². The molecule has 0 radical (unpaired) electrons. The van der Waals surface area contributed by atoms with Crippen molar-refractivity contribution < 1.29 is 4.79 Å². The average molecular weight is 282 g/mol. The topological polar surface area (TPSA) is 61.6 Å². The first-order valence-corrected chi connectivity index (χ1v) is 8.00. The number of amides is 1. The number of hydrogen-bond acceptors (Lipinski definition) is 4. The molecule has 3 atom stereocenters. The van der Waals surface area contributed by atoms with Crippen molar-refractivity contribution >= 4 is 5.91 Å². The van der Waals surface area contributed by atoms with Crippen LogP contribution in [0.4, 0.5) is 0 Å². The van der Waals surface area contributed by atoms with Gasteiger partial charge in [-0.3, -0.25) is 9.69 Å². The Hall–Kier alpha value is -0.650. The van der Waals surface area contributed by atoms with Crippen LogP contribution < -0.4 is 11.1 Å². The van der Waals surface area contributed by atoms with E-state index >= 15 is 0 Å². The number of carbonyl (C=O) groups excluding carboxylic acids is 1. The predicted octanol–water partition coefficient (Wildman–Crippen LogP) is 0.114. The molecule has 1 amide bonds. The summed E-state index contributed by atoms with van der Waals surface area (Å²) in [4.78, 5) is 17.0. The van der Waals surface area contributed by atoms with Gasteiger partial charge in [-0.1, -0.05) is 6.92 Å². The molecule has 1 saturated carbocycles. The molecule has 20 heavy (non-hydrogen) atoms. The minimum Gasteiger partial charge on any atom is -0.355 e. The summed E-state index contributed by atoms with van der Waals surface area (Å²) in [7, 11) is 2.16. The Morgan fingerprint density at radius 2 is 1.95 bits per heavy atom. The van der Waals surface area contributed by atoms with E-state index in [0.29, 0.717) is 12.0 Å². The van der Waals surface area contributed by atoms with Gasteiger partial charge in [-0.15, -0.1) is 0 Å². The van der Waals surface area contributed by atoms with Crippen molar-refractivity contribution in [3.63, 3.8) is 0 Å². The van der Waals surface area contributed by atoms with E-state index in [1.165, 1.54) is 0 Å². The van der Waals surface area contributed by atoms with Gasteiger partial charge in [0.15, 0.2) is 0 Å². The fraction of sp³-hybridized carbons (Fsp3) is 0.933.